The molecule has 0 radical (unpaired) electrons. The maximum atomic E-state index is 13.7. The van der Waals surface area contributed by atoms with E-state index in [0.29, 0.717) is 5.13 Å². The molecule has 4 rings (SSSR count). The number of carbonyl (C=O) groups excluding carboxylic acids is 1. The maximum absolute atomic E-state index is 13.7. The molecule has 0 bridgehead atoms. The molecule has 0 fully saturated rings. The Balaban J connectivity index is 1.86. The van der Waals surface area contributed by atoms with Crippen LogP contribution >= 0.6 is 23.1 Å². The van der Waals surface area contributed by atoms with Gasteiger partial charge in [-0.3, -0.25) is 14.7 Å². The van der Waals surface area contributed by atoms with E-state index in [1.54, 1.807) is 42.4 Å². The van der Waals surface area contributed by atoms with Crippen LogP contribution in [0.5, 0.6) is 0 Å². The molecule has 9 heteroatoms. The van der Waals surface area contributed by atoms with E-state index >= 15 is 0 Å². The molecular weight excluding hydrogens is 450 g/mol. The van der Waals surface area contributed by atoms with Crippen molar-refractivity contribution in [3.8, 4) is 0 Å². The van der Waals surface area contributed by atoms with Crippen molar-refractivity contribution >= 4 is 54.2 Å². The number of carbonyl (C=O) groups is 1. The van der Waals surface area contributed by atoms with Crippen molar-refractivity contribution in [3.05, 3.63) is 78.1 Å². The first-order chi connectivity index (χ1) is 14.9. The highest BCUT2D eigenvalue weighted by Gasteiger charge is 2.26. The topological polar surface area (TPSA) is 80.2 Å². The number of hydrogen-bond donors (Lipinski definition) is 0. The van der Waals surface area contributed by atoms with Gasteiger partial charge in [-0.2, -0.15) is 0 Å². The lowest BCUT2D eigenvalue weighted by molar-refractivity contribution is 0.0982. The number of rotatable bonds is 6. The van der Waals surface area contributed by atoms with Crippen LogP contribution < -0.4 is 4.90 Å². The molecule has 0 aliphatic heterocycles. The number of aromatic nitrogens is 2. The molecule has 1 amide bonds. The van der Waals surface area contributed by atoms with Gasteiger partial charge in [0.25, 0.3) is 5.91 Å². The quantitative estimate of drug-likeness (QED) is 0.382. The fourth-order valence-electron chi connectivity index (χ4n) is 3.20. The summed E-state index contributed by atoms with van der Waals surface area (Å²) in [5.74, 6) is -0.422. The number of sulfone groups is 1. The number of para-hydroxylation sites is 1. The highest BCUT2D eigenvalue weighted by Crippen LogP contribution is 2.35. The predicted molar refractivity (Wildman–Crippen MR) is 126 cm³/mol. The lowest BCUT2D eigenvalue weighted by Crippen LogP contribution is -2.31. The van der Waals surface area contributed by atoms with Crippen LogP contribution in [-0.4, -0.2) is 36.8 Å². The monoisotopic (exact) mass is 469 g/mol. The van der Waals surface area contributed by atoms with E-state index in [2.05, 4.69) is 4.98 Å². The van der Waals surface area contributed by atoms with Gasteiger partial charge < -0.3 is 0 Å². The highest BCUT2D eigenvalue weighted by atomic mass is 32.2. The molecule has 0 saturated heterocycles. The average molecular weight is 470 g/mol. The number of thioether (sulfide) groups is 1. The third-order valence-electron chi connectivity index (χ3n) is 4.65. The molecule has 0 spiro atoms. The van der Waals surface area contributed by atoms with E-state index in [0.717, 1.165) is 26.9 Å². The van der Waals surface area contributed by atoms with Gasteiger partial charge in [-0.1, -0.05) is 35.6 Å². The minimum atomic E-state index is -3.58. The van der Waals surface area contributed by atoms with Gasteiger partial charge in [-0.15, -0.1) is 11.8 Å². The summed E-state index contributed by atoms with van der Waals surface area (Å²) in [6, 6.07) is 15.8. The fraction of sp³-hybridized carbons (Fsp3) is 0.136. The molecular formula is C22H19N3O3S3. The van der Waals surface area contributed by atoms with E-state index in [1.165, 1.54) is 28.4 Å². The summed E-state index contributed by atoms with van der Waals surface area (Å²) in [5.41, 5.74) is 1.77. The molecule has 2 aromatic carbocycles. The van der Waals surface area contributed by atoms with E-state index in [9.17, 15) is 13.2 Å². The zero-order valence-electron chi connectivity index (χ0n) is 16.8. The van der Waals surface area contributed by atoms with Gasteiger partial charge in [0.1, 0.15) is 0 Å². The number of fused-ring (bicyclic) bond motifs is 1. The summed E-state index contributed by atoms with van der Waals surface area (Å²) >= 11 is 2.99. The molecule has 6 nitrogen and oxygen atoms in total. The minimum absolute atomic E-state index is 0.00194. The molecule has 2 heterocycles. The van der Waals surface area contributed by atoms with Crippen molar-refractivity contribution < 1.29 is 13.2 Å². The van der Waals surface area contributed by atoms with Crippen LogP contribution in [0.15, 0.2) is 76.8 Å². The average Bonchev–Trinajstić information content (AvgIpc) is 3.21. The number of benzene rings is 2. The Bertz CT molecular complexity index is 1350. The molecule has 0 saturated carbocycles. The van der Waals surface area contributed by atoms with E-state index in [1.807, 2.05) is 30.5 Å². The molecule has 0 aliphatic carbocycles. The van der Waals surface area contributed by atoms with E-state index < -0.39 is 15.7 Å². The summed E-state index contributed by atoms with van der Waals surface area (Å²) in [7, 11) is -3.58. The fourth-order valence-corrected chi connectivity index (χ4v) is 5.70. The van der Waals surface area contributed by atoms with Crippen molar-refractivity contribution in [2.75, 3.05) is 17.4 Å². The van der Waals surface area contributed by atoms with E-state index in [4.69, 9.17) is 4.98 Å². The van der Waals surface area contributed by atoms with Crippen LogP contribution in [0.25, 0.3) is 10.2 Å². The van der Waals surface area contributed by atoms with Crippen molar-refractivity contribution in [2.45, 2.75) is 16.3 Å². The Hall–Kier alpha value is -2.75. The van der Waals surface area contributed by atoms with E-state index in [-0.39, 0.29) is 17.0 Å². The third kappa shape index (κ3) is 4.48. The van der Waals surface area contributed by atoms with Gasteiger partial charge in [-0.25, -0.2) is 13.4 Å². The van der Waals surface area contributed by atoms with Crippen LogP contribution in [0, 0.1) is 0 Å². The van der Waals surface area contributed by atoms with Crippen molar-refractivity contribution in [3.63, 3.8) is 0 Å². The number of anilines is 1. The largest absolute Gasteiger partial charge is 0.279 e. The summed E-state index contributed by atoms with van der Waals surface area (Å²) in [6.45, 7) is 0.221. The summed E-state index contributed by atoms with van der Waals surface area (Å²) in [5, 5.41) is 0.508. The smallest absolute Gasteiger partial charge is 0.261 e. The molecule has 2 aromatic heterocycles. The Morgan fingerprint density at radius 3 is 2.61 bits per heavy atom. The second kappa shape index (κ2) is 8.78. The minimum Gasteiger partial charge on any atom is -0.279 e. The van der Waals surface area contributed by atoms with Crippen molar-refractivity contribution in [1.82, 2.24) is 9.97 Å². The lowest BCUT2D eigenvalue weighted by atomic mass is 10.2. The Kier molecular flexibility index (Phi) is 6.08. The molecule has 0 atom stereocenters. The first-order valence-electron chi connectivity index (χ1n) is 9.32. The zero-order valence-corrected chi connectivity index (χ0v) is 19.3. The normalized spacial score (nSPS) is 11.5. The standard InChI is InChI=1S/C22H19N3O3S3/c1-29-17-9-5-10-18-20(17)24-22(30-18)25(14-15-7-6-12-23-13-15)21(26)16-8-3-4-11-19(16)31(2,27)28/h3-13H,14H2,1-2H3. The van der Waals surface area contributed by atoms with Crippen LogP contribution in [0.4, 0.5) is 5.13 Å². The van der Waals surface area contributed by atoms with Crippen molar-refractivity contribution in [1.29, 1.82) is 0 Å². The number of pyridine rings is 1. The Labute approximate surface area is 188 Å². The predicted octanol–water partition coefficient (Wildman–Crippen LogP) is 4.66. The van der Waals surface area contributed by atoms with Crippen LogP contribution in [0.2, 0.25) is 0 Å². The lowest BCUT2D eigenvalue weighted by Gasteiger charge is -2.21. The van der Waals surface area contributed by atoms with Gasteiger partial charge in [0.05, 0.1) is 27.2 Å². The highest BCUT2D eigenvalue weighted by molar-refractivity contribution is 7.98. The molecule has 0 unspecified atom stereocenters. The van der Waals surface area contributed by atoms with Gasteiger partial charge in [0.2, 0.25) is 0 Å². The number of nitrogens with zero attached hydrogens (tertiary/aromatic N) is 3. The summed E-state index contributed by atoms with van der Waals surface area (Å²) in [6.07, 6.45) is 6.43. The van der Waals surface area contributed by atoms with Crippen LogP contribution in [0.3, 0.4) is 0 Å². The second-order valence-electron chi connectivity index (χ2n) is 6.82. The molecule has 158 valence electrons. The maximum Gasteiger partial charge on any atom is 0.261 e. The van der Waals surface area contributed by atoms with Crippen LogP contribution in [-0.2, 0) is 16.4 Å². The number of hydrogen-bond acceptors (Lipinski definition) is 7. The Morgan fingerprint density at radius 2 is 1.90 bits per heavy atom. The van der Waals surface area contributed by atoms with Crippen LogP contribution in [0.1, 0.15) is 15.9 Å². The number of amides is 1. The van der Waals surface area contributed by atoms with Crippen molar-refractivity contribution in [2.24, 2.45) is 0 Å². The Morgan fingerprint density at radius 1 is 1.10 bits per heavy atom. The first kappa shape index (κ1) is 21.5. The van der Waals surface area contributed by atoms with Gasteiger partial charge in [0, 0.05) is 23.5 Å². The van der Waals surface area contributed by atoms with Gasteiger partial charge >= 0.3 is 0 Å². The molecule has 4 aromatic rings. The molecule has 31 heavy (non-hydrogen) atoms. The number of thiazole rings is 1. The first-order valence-corrected chi connectivity index (χ1v) is 13.2. The molecule has 0 aliphatic rings. The SMILES string of the molecule is CSc1cccc2sc(N(Cc3cccnc3)C(=O)c3ccccc3S(C)(=O)=O)nc12. The molecule has 0 N–H and O–H groups in total. The summed E-state index contributed by atoms with van der Waals surface area (Å²) in [4.78, 5) is 25.1. The van der Waals surface area contributed by atoms with Gasteiger partial charge in [0.15, 0.2) is 15.0 Å². The third-order valence-corrected chi connectivity index (χ3v) is 7.61. The van der Waals surface area contributed by atoms with Gasteiger partial charge in [-0.05, 0) is 42.2 Å². The second-order valence-corrected chi connectivity index (χ2v) is 10.7. The zero-order chi connectivity index (χ0) is 22.0. The summed E-state index contributed by atoms with van der Waals surface area (Å²) < 4.78 is 25.6.